The number of nitrogens with one attached hydrogen (secondary N) is 2. The molecule has 29 heavy (non-hydrogen) atoms. The van der Waals surface area contributed by atoms with Gasteiger partial charge in [0.05, 0.1) is 0 Å². The van der Waals surface area contributed by atoms with Crippen molar-refractivity contribution in [3.8, 4) is 11.5 Å². The monoisotopic (exact) mass is 389 g/mol. The molecule has 2 N–H and O–H groups in total. The lowest BCUT2D eigenvalue weighted by Crippen LogP contribution is -2.16. The van der Waals surface area contributed by atoms with Gasteiger partial charge in [0.15, 0.2) is 11.5 Å². The number of hydrogen-bond donors (Lipinski definition) is 2. The lowest BCUT2D eigenvalue weighted by Gasteiger charge is -2.19. The summed E-state index contributed by atoms with van der Waals surface area (Å²) in [4.78, 5) is 17.1. The van der Waals surface area contributed by atoms with Gasteiger partial charge in [-0.05, 0) is 48.7 Å². The third-order valence-corrected chi connectivity index (χ3v) is 4.82. The molecule has 0 saturated carbocycles. The highest BCUT2D eigenvalue weighted by atomic mass is 16.6. The first kappa shape index (κ1) is 18.8. The summed E-state index contributed by atoms with van der Waals surface area (Å²) in [5, 5.41) is 6.27. The summed E-state index contributed by atoms with van der Waals surface area (Å²) in [6.07, 6.45) is 2.54. The van der Waals surface area contributed by atoms with E-state index < -0.39 is 0 Å². The van der Waals surface area contributed by atoms with Crippen LogP contribution in [0.3, 0.4) is 0 Å². The zero-order valence-electron chi connectivity index (χ0n) is 16.5. The number of rotatable bonds is 5. The minimum absolute atomic E-state index is 0.215. The molecule has 6 nitrogen and oxygen atoms in total. The minimum atomic E-state index is -0.215. The van der Waals surface area contributed by atoms with Crippen molar-refractivity contribution in [2.45, 2.75) is 20.3 Å². The Morgan fingerprint density at radius 1 is 1.07 bits per heavy atom. The number of amides is 1. The lowest BCUT2D eigenvalue weighted by atomic mass is 10.1. The van der Waals surface area contributed by atoms with Crippen LogP contribution in [0.5, 0.6) is 11.5 Å². The van der Waals surface area contributed by atoms with Crippen LogP contribution >= 0.6 is 0 Å². The summed E-state index contributed by atoms with van der Waals surface area (Å²) in [5.74, 6) is 1.74. The molecule has 6 heteroatoms. The van der Waals surface area contributed by atoms with Gasteiger partial charge < -0.3 is 20.1 Å². The molecule has 0 unspecified atom stereocenters. The Morgan fingerprint density at radius 3 is 2.72 bits per heavy atom. The minimum Gasteiger partial charge on any atom is -0.486 e. The Bertz CT molecular complexity index is 1050. The Labute approximate surface area is 169 Å². The number of aryl methyl sites for hydroxylation is 2. The van der Waals surface area contributed by atoms with Crippen LogP contribution in [0, 0.1) is 6.92 Å². The van der Waals surface area contributed by atoms with Gasteiger partial charge in [0.2, 0.25) is 0 Å². The summed E-state index contributed by atoms with van der Waals surface area (Å²) in [6, 6.07) is 15.0. The molecule has 0 atom stereocenters. The fourth-order valence-corrected chi connectivity index (χ4v) is 3.29. The Balaban J connectivity index is 1.52. The van der Waals surface area contributed by atoms with Crippen molar-refractivity contribution in [3.63, 3.8) is 0 Å². The van der Waals surface area contributed by atoms with Crippen LogP contribution in [-0.2, 0) is 6.42 Å². The first-order valence-electron chi connectivity index (χ1n) is 9.66. The molecule has 1 aromatic heterocycles. The van der Waals surface area contributed by atoms with E-state index in [9.17, 15) is 4.79 Å². The van der Waals surface area contributed by atoms with Gasteiger partial charge in [-0.25, -0.2) is 4.98 Å². The third-order valence-electron chi connectivity index (χ3n) is 4.82. The number of ether oxygens (including phenoxy) is 2. The van der Waals surface area contributed by atoms with E-state index in [-0.39, 0.29) is 5.91 Å². The third kappa shape index (κ3) is 4.16. The number of nitrogens with zero attached hydrogens (tertiary/aromatic N) is 1. The normalized spacial score (nSPS) is 12.3. The molecule has 0 spiro atoms. The second-order valence-corrected chi connectivity index (χ2v) is 6.83. The second-order valence-electron chi connectivity index (χ2n) is 6.83. The number of para-hydroxylation sites is 1. The maximum atomic E-state index is 12.7. The van der Waals surface area contributed by atoms with Crippen LogP contribution in [0.4, 0.5) is 17.2 Å². The summed E-state index contributed by atoms with van der Waals surface area (Å²) in [5.41, 5.74) is 4.55. The van der Waals surface area contributed by atoms with Crippen LogP contribution in [0.2, 0.25) is 0 Å². The highest BCUT2D eigenvalue weighted by Crippen LogP contribution is 2.32. The van der Waals surface area contributed by atoms with Crippen molar-refractivity contribution in [1.82, 2.24) is 4.98 Å². The number of carbonyl (C=O) groups excluding carboxylic acids is 1. The van der Waals surface area contributed by atoms with Crippen LogP contribution in [0.25, 0.3) is 0 Å². The molecule has 0 aliphatic carbocycles. The quantitative estimate of drug-likeness (QED) is 0.661. The van der Waals surface area contributed by atoms with Crippen molar-refractivity contribution in [3.05, 3.63) is 71.4 Å². The summed E-state index contributed by atoms with van der Waals surface area (Å²) < 4.78 is 11.1. The van der Waals surface area contributed by atoms with Gasteiger partial charge in [-0.3, -0.25) is 4.79 Å². The van der Waals surface area contributed by atoms with Gasteiger partial charge in [0.1, 0.15) is 19.0 Å². The Kier molecular flexibility index (Phi) is 5.33. The fourth-order valence-electron chi connectivity index (χ4n) is 3.29. The van der Waals surface area contributed by atoms with E-state index in [2.05, 4.69) is 41.6 Å². The van der Waals surface area contributed by atoms with E-state index in [0.717, 1.165) is 17.7 Å². The van der Waals surface area contributed by atoms with Crippen molar-refractivity contribution in [1.29, 1.82) is 0 Å². The predicted molar refractivity (Wildman–Crippen MR) is 113 cm³/mol. The number of aromatic nitrogens is 1. The van der Waals surface area contributed by atoms with Crippen molar-refractivity contribution >= 4 is 23.1 Å². The second kappa shape index (κ2) is 8.22. The predicted octanol–water partition coefficient (Wildman–Crippen LogP) is 4.72. The molecule has 3 aromatic rings. The number of carbonyl (C=O) groups is 1. The standard InChI is InChI=1S/C23H23N3O3/c1-3-16-6-4-5-15(2)22(16)26-21-13-17(9-10-24-21)23(27)25-18-7-8-19-20(14-18)29-12-11-28-19/h4-10,13-14H,3,11-12H2,1-2H3,(H,24,26)(H,25,27). The molecule has 1 aliphatic heterocycles. The largest absolute Gasteiger partial charge is 0.486 e. The molecule has 0 saturated heterocycles. The van der Waals surface area contributed by atoms with Crippen LogP contribution in [0.15, 0.2) is 54.7 Å². The number of pyridine rings is 1. The van der Waals surface area contributed by atoms with Crippen LogP contribution in [-0.4, -0.2) is 24.1 Å². The Morgan fingerprint density at radius 2 is 1.90 bits per heavy atom. The molecule has 0 bridgehead atoms. The average molecular weight is 389 g/mol. The first-order valence-corrected chi connectivity index (χ1v) is 9.66. The molecule has 4 rings (SSSR count). The molecule has 2 heterocycles. The van der Waals surface area contributed by atoms with E-state index in [1.165, 1.54) is 5.56 Å². The average Bonchev–Trinajstić information content (AvgIpc) is 2.75. The van der Waals surface area contributed by atoms with E-state index in [0.29, 0.717) is 41.8 Å². The molecular weight excluding hydrogens is 366 g/mol. The first-order chi connectivity index (χ1) is 14.1. The lowest BCUT2D eigenvalue weighted by molar-refractivity contribution is 0.102. The molecule has 148 valence electrons. The molecule has 1 amide bonds. The molecule has 1 aliphatic rings. The maximum absolute atomic E-state index is 12.7. The SMILES string of the molecule is CCc1cccc(C)c1Nc1cc(C(=O)Nc2ccc3c(c2)OCCO3)ccn1. The highest BCUT2D eigenvalue weighted by molar-refractivity contribution is 6.04. The fraction of sp³-hybridized carbons (Fsp3) is 0.217. The molecule has 2 aromatic carbocycles. The van der Waals surface area contributed by atoms with Gasteiger partial charge in [0.25, 0.3) is 5.91 Å². The number of anilines is 3. The zero-order valence-corrected chi connectivity index (χ0v) is 16.5. The number of benzene rings is 2. The topological polar surface area (TPSA) is 72.5 Å². The smallest absolute Gasteiger partial charge is 0.255 e. The maximum Gasteiger partial charge on any atom is 0.255 e. The van der Waals surface area contributed by atoms with Crippen molar-refractivity contribution in [2.75, 3.05) is 23.8 Å². The van der Waals surface area contributed by atoms with E-state index >= 15 is 0 Å². The summed E-state index contributed by atoms with van der Waals surface area (Å²) >= 11 is 0. The van der Waals surface area contributed by atoms with E-state index in [1.54, 1.807) is 36.5 Å². The van der Waals surface area contributed by atoms with Gasteiger partial charge >= 0.3 is 0 Å². The zero-order chi connectivity index (χ0) is 20.2. The van der Waals surface area contributed by atoms with Crippen molar-refractivity contribution < 1.29 is 14.3 Å². The summed E-state index contributed by atoms with van der Waals surface area (Å²) in [6.45, 7) is 5.21. The van der Waals surface area contributed by atoms with Gasteiger partial charge in [-0.2, -0.15) is 0 Å². The van der Waals surface area contributed by atoms with Crippen molar-refractivity contribution in [2.24, 2.45) is 0 Å². The van der Waals surface area contributed by atoms with Crippen LogP contribution < -0.4 is 20.1 Å². The van der Waals surface area contributed by atoms with Gasteiger partial charge in [0, 0.05) is 29.2 Å². The summed E-state index contributed by atoms with van der Waals surface area (Å²) in [7, 11) is 0. The number of hydrogen-bond acceptors (Lipinski definition) is 5. The molecule has 0 radical (unpaired) electrons. The van der Waals surface area contributed by atoms with E-state index in [1.807, 2.05) is 6.07 Å². The van der Waals surface area contributed by atoms with E-state index in [4.69, 9.17) is 9.47 Å². The molecule has 0 fully saturated rings. The molecular formula is C23H23N3O3. The highest BCUT2D eigenvalue weighted by Gasteiger charge is 2.14. The van der Waals surface area contributed by atoms with Gasteiger partial charge in [-0.1, -0.05) is 25.1 Å². The number of fused-ring (bicyclic) bond motifs is 1. The van der Waals surface area contributed by atoms with Crippen LogP contribution in [0.1, 0.15) is 28.4 Å². The Hall–Kier alpha value is -3.54. The van der Waals surface area contributed by atoms with Gasteiger partial charge in [-0.15, -0.1) is 0 Å².